The minimum absolute atomic E-state index is 0.305. The smallest absolute Gasteiger partial charge is 0.328 e. The van der Waals surface area contributed by atoms with Crippen molar-refractivity contribution in [2.75, 3.05) is 33.3 Å². The molecule has 0 saturated carbocycles. The van der Waals surface area contributed by atoms with E-state index in [1.54, 1.807) is 12.0 Å². The fraction of sp³-hybridized carbons (Fsp3) is 0.400. The lowest BCUT2D eigenvalue weighted by atomic mass is 9.85. The van der Waals surface area contributed by atoms with Crippen LogP contribution in [0.1, 0.15) is 24.0 Å². The molecule has 2 aromatic carbocycles. The van der Waals surface area contributed by atoms with E-state index < -0.39 is 17.5 Å². The number of carbonyl (C=O) groups is 3. The Morgan fingerprint density at radius 3 is 2.39 bits per heavy atom. The summed E-state index contributed by atoms with van der Waals surface area (Å²) in [5.41, 5.74) is 6.64. The molecule has 0 unspecified atom stereocenters. The average Bonchev–Trinajstić information content (AvgIpc) is 3.01. The standard InChI is InChI=1S/C25H30N4O4/c1-33-21-9-5-8-20(16-21)17-27-14-11-25(12-15-27)23(31)28(18-22(26)30)24(32)29(25)13-10-19-6-3-2-4-7-19/h2-9,16H,10-15,17-18H2,1H3,(H2,26,30). The number of hydrogen-bond donors (Lipinski definition) is 1. The van der Waals surface area contributed by atoms with Crippen LogP contribution in [0.15, 0.2) is 54.6 Å². The summed E-state index contributed by atoms with van der Waals surface area (Å²) < 4.78 is 5.32. The molecular formula is C25H30N4O4. The number of nitrogens with two attached hydrogens (primary N) is 1. The van der Waals surface area contributed by atoms with Gasteiger partial charge in [-0.2, -0.15) is 0 Å². The van der Waals surface area contributed by atoms with Gasteiger partial charge in [0.05, 0.1) is 7.11 Å². The van der Waals surface area contributed by atoms with E-state index in [4.69, 9.17) is 10.5 Å². The summed E-state index contributed by atoms with van der Waals surface area (Å²) in [5.74, 6) is -0.181. The number of likely N-dealkylation sites (tertiary alicyclic amines) is 1. The van der Waals surface area contributed by atoms with Crippen LogP contribution >= 0.6 is 0 Å². The van der Waals surface area contributed by atoms with Crippen molar-refractivity contribution < 1.29 is 19.1 Å². The maximum absolute atomic E-state index is 13.4. The molecule has 8 heteroatoms. The fourth-order valence-corrected chi connectivity index (χ4v) is 4.87. The molecule has 1 spiro atoms. The van der Waals surface area contributed by atoms with E-state index in [-0.39, 0.29) is 12.5 Å². The van der Waals surface area contributed by atoms with Crippen LogP contribution in [-0.4, -0.2) is 71.4 Å². The van der Waals surface area contributed by atoms with E-state index in [2.05, 4.69) is 11.0 Å². The summed E-state index contributed by atoms with van der Waals surface area (Å²) in [6.07, 6.45) is 1.68. The molecule has 2 fully saturated rings. The Kier molecular flexibility index (Phi) is 6.65. The first-order chi connectivity index (χ1) is 15.9. The predicted molar refractivity (Wildman–Crippen MR) is 123 cm³/mol. The van der Waals surface area contributed by atoms with Gasteiger partial charge in [0.25, 0.3) is 5.91 Å². The minimum Gasteiger partial charge on any atom is -0.497 e. The highest BCUT2D eigenvalue weighted by molar-refractivity contribution is 6.09. The number of urea groups is 1. The topological polar surface area (TPSA) is 96.2 Å². The number of methoxy groups -OCH3 is 1. The second kappa shape index (κ2) is 9.62. The van der Waals surface area contributed by atoms with Crippen LogP contribution in [0.25, 0.3) is 0 Å². The van der Waals surface area contributed by atoms with Gasteiger partial charge in [-0.05, 0) is 42.5 Å². The number of nitrogens with zero attached hydrogens (tertiary/aromatic N) is 3. The second-order valence-electron chi connectivity index (χ2n) is 8.69. The van der Waals surface area contributed by atoms with Crippen molar-refractivity contribution in [3.05, 3.63) is 65.7 Å². The molecule has 8 nitrogen and oxygen atoms in total. The van der Waals surface area contributed by atoms with Gasteiger partial charge in [0.1, 0.15) is 17.8 Å². The molecule has 0 radical (unpaired) electrons. The Morgan fingerprint density at radius 1 is 1.03 bits per heavy atom. The predicted octanol–water partition coefficient (Wildman–Crippen LogP) is 2.02. The Bertz CT molecular complexity index is 1020. The Labute approximate surface area is 193 Å². The maximum Gasteiger partial charge on any atom is 0.328 e. The number of amides is 4. The molecule has 2 aliphatic rings. The molecule has 2 aliphatic heterocycles. The first-order valence-corrected chi connectivity index (χ1v) is 11.2. The Balaban J connectivity index is 1.50. The van der Waals surface area contributed by atoms with Crippen LogP contribution in [0.2, 0.25) is 0 Å². The molecule has 174 valence electrons. The van der Waals surface area contributed by atoms with Gasteiger partial charge in [-0.1, -0.05) is 42.5 Å². The van der Waals surface area contributed by atoms with Crippen molar-refractivity contribution in [3.8, 4) is 5.75 Å². The first kappa shape index (κ1) is 22.8. The SMILES string of the molecule is COc1cccc(CN2CCC3(CC2)C(=O)N(CC(N)=O)C(=O)N3CCc2ccccc2)c1. The molecule has 0 aromatic heterocycles. The van der Waals surface area contributed by atoms with Crippen LogP contribution in [0.5, 0.6) is 5.75 Å². The molecular weight excluding hydrogens is 420 g/mol. The molecule has 2 saturated heterocycles. The normalized spacial score (nSPS) is 18.2. The number of imide groups is 1. The second-order valence-corrected chi connectivity index (χ2v) is 8.69. The van der Waals surface area contributed by atoms with Crippen LogP contribution in [0.3, 0.4) is 0 Å². The third-order valence-electron chi connectivity index (χ3n) is 6.63. The summed E-state index contributed by atoms with van der Waals surface area (Å²) in [4.78, 5) is 43.1. The zero-order chi connectivity index (χ0) is 23.4. The highest BCUT2D eigenvalue weighted by atomic mass is 16.5. The molecule has 0 bridgehead atoms. The van der Waals surface area contributed by atoms with Crippen molar-refractivity contribution in [1.29, 1.82) is 0 Å². The lowest BCUT2D eigenvalue weighted by Gasteiger charge is -2.42. The van der Waals surface area contributed by atoms with Gasteiger partial charge in [0.15, 0.2) is 0 Å². The van der Waals surface area contributed by atoms with E-state index in [1.165, 1.54) is 0 Å². The summed E-state index contributed by atoms with van der Waals surface area (Å²) in [6.45, 7) is 2.11. The van der Waals surface area contributed by atoms with Gasteiger partial charge in [-0.15, -0.1) is 0 Å². The Morgan fingerprint density at radius 2 is 1.73 bits per heavy atom. The quantitative estimate of drug-likeness (QED) is 0.621. The van der Waals surface area contributed by atoms with Crippen molar-refractivity contribution in [2.24, 2.45) is 5.73 Å². The minimum atomic E-state index is -0.924. The monoisotopic (exact) mass is 450 g/mol. The number of carbonyl (C=O) groups excluding carboxylic acids is 3. The summed E-state index contributed by atoms with van der Waals surface area (Å²) in [5, 5.41) is 0. The highest BCUT2D eigenvalue weighted by Gasteiger charge is 2.57. The van der Waals surface area contributed by atoms with Gasteiger partial charge >= 0.3 is 6.03 Å². The lowest BCUT2D eigenvalue weighted by molar-refractivity contribution is -0.137. The molecule has 33 heavy (non-hydrogen) atoms. The Hall–Kier alpha value is -3.39. The molecule has 4 amide bonds. The molecule has 0 atom stereocenters. The number of piperidine rings is 1. The van der Waals surface area contributed by atoms with Gasteiger partial charge in [-0.3, -0.25) is 19.4 Å². The van der Waals surface area contributed by atoms with Gasteiger partial charge in [-0.25, -0.2) is 4.79 Å². The molecule has 2 heterocycles. The number of primary amides is 1. The zero-order valence-electron chi connectivity index (χ0n) is 18.9. The highest BCUT2D eigenvalue weighted by Crippen LogP contribution is 2.37. The van der Waals surface area contributed by atoms with E-state index in [0.29, 0.717) is 38.9 Å². The molecule has 0 aliphatic carbocycles. The van der Waals surface area contributed by atoms with Crippen molar-refractivity contribution in [1.82, 2.24) is 14.7 Å². The van der Waals surface area contributed by atoms with E-state index in [0.717, 1.165) is 28.3 Å². The number of rotatable bonds is 8. The average molecular weight is 451 g/mol. The van der Waals surface area contributed by atoms with E-state index >= 15 is 0 Å². The molecule has 2 N–H and O–H groups in total. The van der Waals surface area contributed by atoms with E-state index in [9.17, 15) is 14.4 Å². The summed E-state index contributed by atoms with van der Waals surface area (Å²) >= 11 is 0. The van der Waals surface area contributed by atoms with Crippen LogP contribution in [-0.2, 0) is 22.6 Å². The number of ether oxygens (including phenoxy) is 1. The van der Waals surface area contributed by atoms with Gasteiger partial charge in [0, 0.05) is 26.2 Å². The fourth-order valence-electron chi connectivity index (χ4n) is 4.87. The first-order valence-electron chi connectivity index (χ1n) is 11.2. The van der Waals surface area contributed by atoms with E-state index in [1.807, 2.05) is 48.5 Å². The van der Waals surface area contributed by atoms with Crippen molar-refractivity contribution >= 4 is 17.8 Å². The third-order valence-corrected chi connectivity index (χ3v) is 6.63. The molecule has 4 rings (SSSR count). The summed E-state index contributed by atoms with van der Waals surface area (Å²) in [7, 11) is 1.65. The molecule has 2 aromatic rings. The van der Waals surface area contributed by atoms with Gasteiger partial charge < -0.3 is 15.4 Å². The largest absolute Gasteiger partial charge is 0.497 e. The maximum atomic E-state index is 13.4. The third kappa shape index (κ3) is 4.71. The van der Waals surface area contributed by atoms with Crippen molar-refractivity contribution in [3.63, 3.8) is 0 Å². The van der Waals surface area contributed by atoms with Crippen molar-refractivity contribution in [2.45, 2.75) is 31.3 Å². The zero-order valence-corrected chi connectivity index (χ0v) is 18.9. The van der Waals surface area contributed by atoms with Crippen LogP contribution in [0, 0.1) is 0 Å². The number of hydrogen-bond acceptors (Lipinski definition) is 5. The van der Waals surface area contributed by atoms with Gasteiger partial charge in [0.2, 0.25) is 5.91 Å². The summed E-state index contributed by atoms with van der Waals surface area (Å²) in [6, 6.07) is 17.4. The van der Waals surface area contributed by atoms with Crippen LogP contribution in [0.4, 0.5) is 4.79 Å². The number of benzene rings is 2. The van der Waals surface area contributed by atoms with Crippen LogP contribution < -0.4 is 10.5 Å². The lowest BCUT2D eigenvalue weighted by Crippen LogP contribution is -2.56.